The van der Waals surface area contributed by atoms with Gasteiger partial charge in [-0.25, -0.2) is 0 Å². The lowest BCUT2D eigenvalue weighted by Gasteiger charge is -2.13. The van der Waals surface area contributed by atoms with E-state index in [0.717, 1.165) is 6.42 Å². The van der Waals surface area contributed by atoms with Crippen LogP contribution in [0.4, 0.5) is 0 Å². The first-order valence-electron chi connectivity index (χ1n) is 6.55. The molecule has 4 nitrogen and oxygen atoms in total. The van der Waals surface area contributed by atoms with Crippen LogP contribution in [0.25, 0.3) is 0 Å². The van der Waals surface area contributed by atoms with Gasteiger partial charge in [0.25, 0.3) is 0 Å². The molecule has 0 atom stereocenters. The Bertz CT molecular complexity index is 605. The number of aryl methyl sites for hydroxylation is 1. The zero-order valence-electron chi connectivity index (χ0n) is 12.3. The highest BCUT2D eigenvalue weighted by molar-refractivity contribution is 7.09. The van der Waals surface area contributed by atoms with Crippen molar-refractivity contribution in [2.75, 3.05) is 21.3 Å². The molecular formula is C16H18O4S. The van der Waals surface area contributed by atoms with Crippen LogP contribution in [-0.2, 0) is 6.42 Å². The number of carbonyl (C=O) groups is 1. The number of methoxy groups -OCH3 is 3. The van der Waals surface area contributed by atoms with Crippen molar-refractivity contribution >= 4 is 17.1 Å². The molecule has 1 aromatic carbocycles. The summed E-state index contributed by atoms with van der Waals surface area (Å²) in [4.78, 5) is 13.6. The largest absolute Gasteiger partial charge is 0.496 e. The van der Waals surface area contributed by atoms with Gasteiger partial charge in [0, 0.05) is 17.4 Å². The van der Waals surface area contributed by atoms with Gasteiger partial charge in [-0.1, -0.05) is 6.07 Å². The molecular weight excluding hydrogens is 288 g/mol. The molecule has 0 spiro atoms. The lowest BCUT2D eigenvalue weighted by molar-refractivity contribution is 0.0979. The molecule has 0 bridgehead atoms. The number of rotatable bonds is 7. The second kappa shape index (κ2) is 7.13. The summed E-state index contributed by atoms with van der Waals surface area (Å²) >= 11 is 1.66. The first-order valence-corrected chi connectivity index (χ1v) is 7.43. The van der Waals surface area contributed by atoms with Crippen LogP contribution in [0.2, 0.25) is 0 Å². The van der Waals surface area contributed by atoms with Gasteiger partial charge < -0.3 is 14.2 Å². The van der Waals surface area contributed by atoms with E-state index in [2.05, 4.69) is 0 Å². The average molecular weight is 306 g/mol. The number of ether oxygens (including phenoxy) is 3. The quantitative estimate of drug-likeness (QED) is 0.733. The highest BCUT2D eigenvalue weighted by atomic mass is 32.1. The van der Waals surface area contributed by atoms with Crippen LogP contribution in [-0.4, -0.2) is 27.1 Å². The summed E-state index contributed by atoms with van der Waals surface area (Å²) in [5.41, 5.74) is 0.520. The van der Waals surface area contributed by atoms with Crippen molar-refractivity contribution in [3.05, 3.63) is 40.1 Å². The first kappa shape index (κ1) is 15.4. The SMILES string of the molecule is COc1cc(OC)c(C(=O)CCc2cccs2)cc1OC. The maximum absolute atomic E-state index is 12.4. The van der Waals surface area contributed by atoms with Crippen LogP contribution in [0, 0.1) is 0 Å². The molecule has 5 heteroatoms. The summed E-state index contributed by atoms with van der Waals surface area (Å²) in [6.45, 7) is 0. The molecule has 0 saturated carbocycles. The summed E-state index contributed by atoms with van der Waals surface area (Å²) < 4.78 is 15.8. The average Bonchev–Trinajstić information content (AvgIpc) is 3.04. The van der Waals surface area contributed by atoms with E-state index >= 15 is 0 Å². The van der Waals surface area contributed by atoms with Gasteiger partial charge in [-0.15, -0.1) is 11.3 Å². The Balaban J connectivity index is 2.22. The van der Waals surface area contributed by atoms with Crippen LogP contribution < -0.4 is 14.2 Å². The van der Waals surface area contributed by atoms with Crippen LogP contribution in [0.3, 0.4) is 0 Å². The molecule has 0 unspecified atom stereocenters. The lowest BCUT2D eigenvalue weighted by Crippen LogP contribution is -2.05. The Morgan fingerprint density at radius 3 is 2.29 bits per heavy atom. The van der Waals surface area contributed by atoms with Crippen molar-refractivity contribution in [1.29, 1.82) is 0 Å². The van der Waals surface area contributed by atoms with Crippen molar-refractivity contribution in [2.45, 2.75) is 12.8 Å². The van der Waals surface area contributed by atoms with Crippen molar-refractivity contribution in [3.8, 4) is 17.2 Å². The number of ketones is 1. The summed E-state index contributed by atoms with van der Waals surface area (Å²) in [6.07, 6.45) is 1.17. The molecule has 0 aliphatic carbocycles. The van der Waals surface area contributed by atoms with E-state index < -0.39 is 0 Å². The Labute approximate surface area is 128 Å². The van der Waals surface area contributed by atoms with Gasteiger partial charge >= 0.3 is 0 Å². The Morgan fingerprint density at radius 1 is 1.05 bits per heavy atom. The van der Waals surface area contributed by atoms with Gasteiger partial charge in [-0.05, 0) is 23.9 Å². The maximum atomic E-state index is 12.4. The molecule has 0 fully saturated rings. The maximum Gasteiger partial charge on any atom is 0.167 e. The van der Waals surface area contributed by atoms with E-state index in [4.69, 9.17) is 14.2 Å². The topological polar surface area (TPSA) is 44.8 Å². The zero-order chi connectivity index (χ0) is 15.2. The van der Waals surface area contributed by atoms with Gasteiger partial charge in [-0.2, -0.15) is 0 Å². The van der Waals surface area contributed by atoms with E-state index in [1.807, 2.05) is 17.5 Å². The summed E-state index contributed by atoms with van der Waals surface area (Å²) in [6, 6.07) is 7.37. The molecule has 2 rings (SSSR count). The Kier molecular flexibility index (Phi) is 5.22. The monoisotopic (exact) mass is 306 g/mol. The fourth-order valence-corrected chi connectivity index (χ4v) is 2.78. The fourth-order valence-electron chi connectivity index (χ4n) is 2.07. The van der Waals surface area contributed by atoms with E-state index in [0.29, 0.717) is 29.2 Å². The molecule has 0 N–H and O–H groups in total. The Hall–Kier alpha value is -2.01. The minimum absolute atomic E-state index is 0.0289. The van der Waals surface area contributed by atoms with Crippen molar-refractivity contribution in [1.82, 2.24) is 0 Å². The number of thiophene rings is 1. The highest BCUT2D eigenvalue weighted by Gasteiger charge is 2.17. The third kappa shape index (κ3) is 3.55. The molecule has 0 amide bonds. The second-order valence-electron chi connectivity index (χ2n) is 4.41. The van der Waals surface area contributed by atoms with Gasteiger partial charge in [0.15, 0.2) is 17.3 Å². The molecule has 112 valence electrons. The van der Waals surface area contributed by atoms with Crippen LogP contribution in [0.5, 0.6) is 17.2 Å². The number of hydrogen-bond donors (Lipinski definition) is 0. The molecule has 21 heavy (non-hydrogen) atoms. The first-order chi connectivity index (χ1) is 10.2. The summed E-state index contributed by atoms with van der Waals surface area (Å²) in [5.74, 6) is 1.60. The number of Topliss-reactive ketones (excluding diaryl/α,β-unsaturated/α-hetero) is 1. The highest BCUT2D eigenvalue weighted by Crippen LogP contribution is 2.35. The van der Waals surface area contributed by atoms with Crippen molar-refractivity contribution in [2.24, 2.45) is 0 Å². The third-order valence-corrected chi connectivity index (χ3v) is 4.12. The van der Waals surface area contributed by atoms with E-state index in [9.17, 15) is 4.79 Å². The number of hydrogen-bond acceptors (Lipinski definition) is 5. The molecule has 0 radical (unpaired) electrons. The van der Waals surface area contributed by atoms with Crippen LogP contribution in [0.15, 0.2) is 29.6 Å². The normalized spacial score (nSPS) is 10.2. The van der Waals surface area contributed by atoms with Crippen LogP contribution in [0.1, 0.15) is 21.7 Å². The van der Waals surface area contributed by atoms with E-state index in [-0.39, 0.29) is 5.78 Å². The fraction of sp³-hybridized carbons (Fsp3) is 0.312. The standard InChI is InChI=1S/C16H18O4S/c1-18-14-10-16(20-3)15(19-2)9-12(14)13(17)7-6-11-5-4-8-21-11/h4-5,8-10H,6-7H2,1-3H3. The minimum Gasteiger partial charge on any atom is -0.496 e. The van der Waals surface area contributed by atoms with Crippen molar-refractivity contribution in [3.63, 3.8) is 0 Å². The molecule has 1 heterocycles. The smallest absolute Gasteiger partial charge is 0.167 e. The number of benzene rings is 1. The molecule has 0 aliphatic rings. The lowest BCUT2D eigenvalue weighted by atomic mass is 10.0. The predicted molar refractivity (Wildman–Crippen MR) is 83.1 cm³/mol. The van der Waals surface area contributed by atoms with Gasteiger partial charge in [-0.3, -0.25) is 4.79 Å². The molecule has 0 saturated heterocycles. The molecule has 2 aromatic rings. The molecule has 1 aromatic heterocycles. The van der Waals surface area contributed by atoms with Crippen molar-refractivity contribution < 1.29 is 19.0 Å². The third-order valence-electron chi connectivity index (χ3n) is 3.18. The minimum atomic E-state index is 0.0289. The van der Waals surface area contributed by atoms with Gasteiger partial charge in [0.1, 0.15) is 5.75 Å². The number of carbonyl (C=O) groups excluding carboxylic acids is 1. The van der Waals surface area contributed by atoms with E-state index in [1.54, 1.807) is 37.7 Å². The Morgan fingerprint density at radius 2 is 1.71 bits per heavy atom. The van der Waals surface area contributed by atoms with Gasteiger partial charge in [0.05, 0.1) is 26.9 Å². The van der Waals surface area contributed by atoms with Gasteiger partial charge in [0.2, 0.25) is 0 Å². The second-order valence-corrected chi connectivity index (χ2v) is 5.44. The predicted octanol–water partition coefficient (Wildman–Crippen LogP) is 3.59. The molecule has 0 aliphatic heterocycles. The van der Waals surface area contributed by atoms with E-state index in [1.165, 1.54) is 12.0 Å². The summed E-state index contributed by atoms with van der Waals surface area (Å²) in [7, 11) is 4.64. The van der Waals surface area contributed by atoms with Crippen LogP contribution >= 0.6 is 11.3 Å². The zero-order valence-corrected chi connectivity index (χ0v) is 13.2. The summed E-state index contributed by atoms with van der Waals surface area (Å²) in [5, 5.41) is 2.01.